The zero-order chi connectivity index (χ0) is 21.4. The van der Waals surface area contributed by atoms with Crippen LogP contribution in [-0.4, -0.2) is 23.3 Å². The topological polar surface area (TPSA) is 49.4 Å². The smallest absolute Gasteiger partial charge is 0.254 e. The van der Waals surface area contributed by atoms with Crippen molar-refractivity contribution in [2.45, 2.75) is 45.1 Å². The monoisotopic (exact) mass is 430 g/mol. The van der Waals surface area contributed by atoms with Crippen LogP contribution in [0.3, 0.4) is 0 Å². The fraction of sp³-hybridized carbons (Fsp3) is 0.308. The van der Waals surface area contributed by atoms with Crippen LogP contribution in [0.4, 0.5) is 5.69 Å². The minimum Gasteiger partial charge on any atom is -0.334 e. The van der Waals surface area contributed by atoms with E-state index in [2.05, 4.69) is 28.9 Å². The normalized spacial score (nSPS) is 17.6. The molecule has 1 unspecified atom stereocenters. The van der Waals surface area contributed by atoms with E-state index in [1.54, 1.807) is 11.3 Å². The third kappa shape index (κ3) is 3.79. The lowest BCUT2D eigenvalue weighted by Gasteiger charge is -2.28. The Morgan fingerprint density at radius 2 is 1.90 bits per heavy atom. The first-order valence-corrected chi connectivity index (χ1v) is 11.8. The summed E-state index contributed by atoms with van der Waals surface area (Å²) >= 11 is 1.77. The third-order valence-corrected chi connectivity index (χ3v) is 7.63. The molecule has 0 fully saturated rings. The Kier molecular flexibility index (Phi) is 5.36. The highest BCUT2D eigenvalue weighted by Gasteiger charge is 2.28. The molecule has 2 aromatic carbocycles. The van der Waals surface area contributed by atoms with Crippen LogP contribution in [0, 0.1) is 6.92 Å². The summed E-state index contributed by atoms with van der Waals surface area (Å²) in [6, 6.07) is 16.0. The van der Waals surface area contributed by atoms with E-state index in [0.29, 0.717) is 12.1 Å². The molecular formula is C26H26N2O2S. The Bertz CT molecular complexity index is 1150. The summed E-state index contributed by atoms with van der Waals surface area (Å²) in [6.07, 6.45) is 3.82. The molecule has 1 aliphatic heterocycles. The molecule has 0 spiro atoms. The van der Waals surface area contributed by atoms with Crippen molar-refractivity contribution < 1.29 is 9.59 Å². The van der Waals surface area contributed by atoms with E-state index in [4.69, 9.17) is 0 Å². The molecule has 1 N–H and O–H groups in total. The van der Waals surface area contributed by atoms with Crippen LogP contribution < -0.4 is 5.32 Å². The van der Waals surface area contributed by atoms with Crippen LogP contribution in [0.2, 0.25) is 0 Å². The minimum atomic E-state index is -0.136. The second kappa shape index (κ2) is 8.31. The van der Waals surface area contributed by atoms with Crippen LogP contribution in [0.15, 0.2) is 53.9 Å². The van der Waals surface area contributed by atoms with E-state index in [1.807, 2.05) is 42.2 Å². The largest absolute Gasteiger partial charge is 0.334 e. The van der Waals surface area contributed by atoms with Gasteiger partial charge in [-0.3, -0.25) is 9.59 Å². The summed E-state index contributed by atoms with van der Waals surface area (Å²) in [6.45, 7) is 3.32. The number of fused-ring (bicyclic) bond motifs is 2. The van der Waals surface area contributed by atoms with Gasteiger partial charge in [-0.05, 0) is 78.4 Å². The van der Waals surface area contributed by atoms with E-state index < -0.39 is 0 Å². The summed E-state index contributed by atoms with van der Waals surface area (Å²) in [5, 5.41) is 5.22. The van der Waals surface area contributed by atoms with Gasteiger partial charge in [0.2, 0.25) is 5.91 Å². The summed E-state index contributed by atoms with van der Waals surface area (Å²) in [4.78, 5) is 29.7. The van der Waals surface area contributed by atoms with Crippen molar-refractivity contribution in [3.63, 3.8) is 0 Å². The van der Waals surface area contributed by atoms with Crippen molar-refractivity contribution in [1.29, 1.82) is 0 Å². The highest BCUT2D eigenvalue weighted by atomic mass is 32.1. The first kappa shape index (κ1) is 20.0. The number of anilines is 1. The standard InChI is InChI=1S/C26H26N2O2S/c1-17-20(26(30)28-14-12-24-19(16-28)13-15-31-24)9-5-11-23(17)27-25(29)22-10-4-7-18-6-2-3-8-21(18)22/h2-3,5-6,8-9,11,13,15,22H,4,7,10,12,14,16H2,1H3,(H,27,29). The molecule has 0 saturated heterocycles. The Morgan fingerprint density at radius 1 is 1.03 bits per heavy atom. The average Bonchev–Trinajstić information content (AvgIpc) is 3.27. The number of aryl methyl sites for hydroxylation is 1. The summed E-state index contributed by atoms with van der Waals surface area (Å²) in [5.74, 6) is -0.0861. The number of amides is 2. The average molecular weight is 431 g/mol. The molecule has 1 atom stereocenters. The molecule has 0 saturated carbocycles. The number of nitrogens with one attached hydrogen (secondary N) is 1. The van der Waals surface area contributed by atoms with Crippen molar-refractivity contribution in [2.75, 3.05) is 11.9 Å². The van der Waals surface area contributed by atoms with Crippen molar-refractivity contribution in [2.24, 2.45) is 0 Å². The Balaban J connectivity index is 1.36. The molecule has 158 valence electrons. The van der Waals surface area contributed by atoms with Crippen LogP contribution in [0.25, 0.3) is 0 Å². The van der Waals surface area contributed by atoms with E-state index in [9.17, 15) is 9.59 Å². The number of carbonyl (C=O) groups excluding carboxylic acids is 2. The highest BCUT2D eigenvalue weighted by Crippen LogP contribution is 2.33. The van der Waals surface area contributed by atoms with Gasteiger partial charge in [0.05, 0.1) is 5.92 Å². The Morgan fingerprint density at radius 3 is 2.81 bits per heavy atom. The van der Waals surface area contributed by atoms with Gasteiger partial charge in [-0.25, -0.2) is 0 Å². The molecule has 3 aromatic rings. The minimum absolute atomic E-state index is 0.0146. The summed E-state index contributed by atoms with van der Waals surface area (Å²) in [5.41, 5.74) is 5.89. The number of thiophene rings is 1. The lowest BCUT2D eigenvalue weighted by atomic mass is 9.82. The molecule has 2 amide bonds. The number of hydrogen-bond acceptors (Lipinski definition) is 3. The molecule has 0 radical (unpaired) electrons. The molecule has 2 aliphatic rings. The second-order valence-corrected chi connectivity index (χ2v) is 9.46. The number of hydrogen-bond donors (Lipinski definition) is 1. The second-order valence-electron chi connectivity index (χ2n) is 8.46. The van der Waals surface area contributed by atoms with Gasteiger partial charge in [0.25, 0.3) is 5.91 Å². The van der Waals surface area contributed by atoms with Gasteiger partial charge in [-0.1, -0.05) is 30.3 Å². The SMILES string of the molecule is Cc1c(NC(=O)C2CCCc3ccccc32)cccc1C(=O)N1CCc2sccc2C1. The molecule has 5 heteroatoms. The first-order chi connectivity index (χ1) is 15.1. The van der Waals surface area contributed by atoms with Crippen LogP contribution in [0.1, 0.15) is 56.2 Å². The van der Waals surface area contributed by atoms with Crippen molar-refractivity contribution in [1.82, 2.24) is 4.90 Å². The Hall–Kier alpha value is -2.92. The number of benzene rings is 2. The zero-order valence-corrected chi connectivity index (χ0v) is 18.5. The van der Waals surface area contributed by atoms with Crippen LogP contribution in [-0.2, 0) is 24.2 Å². The van der Waals surface area contributed by atoms with Gasteiger partial charge >= 0.3 is 0 Å². The van der Waals surface area contributed by atoms with Gasteiger partial charge in [0.15, 0.2) is 0 Å². The third-order valence-electron chi connectivity index (χ3n) is 6.60. The molecule has 1 aliphatic carbocycles. The van der Waals surface area contributed by atoms with E-state index in [-0.39, 0.29) is 17.7 Å². The van der Waals surface area contributed by atoms with E-state index >= 15 is 0 Å². The highest BCUT2D eigenvalue weighted by molar-refractivity contribution is 7.10. The van der Waals surface area contributed by atoms with E-state index in [1.165, 1.54) is 16.0 Å². The van der Waals surface area contributed by atoms with Gasteiger partial charge < -0.3 is 10.2 Å². The molecule has 4 nitrogen and oxygen atoms in total. The van der Waals surface area contributed by atoms with Crippen molar-refractivity contribution in [3.05, 3.63) is 86.6 Å². The summed E-state index contributed by atoms with van der Waals surface area (Å²) in [7, 11) is 0. The van der Waals surface area contributed by atoms with Gasteiger partial charge in [0, 0.05) is 29.2 Å². The lowest BCUT2D eigenvalue weighted by molar-refractivity contribution is -0.117. The molecule has 5 rings (SSSR count). The predicted molar refractivity (Wildman–Crippen MR) is 125 cm³/mol. The molecule has 31 heavy (non-hydrogen) atoms. The van der Waals surface area contributed by atoms with E-state index in [0.717, 1.165) is 49.0 Å². The zero-order valence-electron chi connectivity index (χ0n) is 17.7. The van der Waals surface area contributed by atoms with Crippen LogP contribution in [0.5, 0.6) is 0 Å². The number of nitrogens with zero attached hydrogens (tertiary/aromatic N) is 1. The fourth-order valence-corrected chi connectivity index (χ4v) is 5.73. The Labute approximate surface area is 186 Å². The lowest BCUT2D eigenvalue weighted by Crippen LogP contribution is -2.35. The number of rotatable bonds is 3. The van der Waals surface area contributed by atoms with Gasteiger partial charge in [-0.2, -0.15) is 0 Å². The molecule has 1 aromatic heterocycles. The van der Waals surface area contributed by atoms with Gasteiger partial charge in [-0.15, -0.1) is 11.3 Å². The molecule has 2 heterocycles. The molecular weight excluding hydrogens is 404 g/mol. The maximum Gasteiger partial charge on any atom is 0.254 e. The van der Waals surface area contributed by atoms with Crippen LogP contribution >= 0.6 is 11.3 Å². The number of carbonyl (C=O) groups is 2. The first-order valence-electron chi connectivity index (χ1n) is 10.9. The fourth-order valence-electron chi connectivity index (χ4n) is 4.84. The van der Waals surface area contributed by atoms with Crippen molar-refractivity contribution >= 4 is 28.8 Å². The summed E-state index contributed by atoms with van der Waals surface area (Å²) < 4.78 is 0. The maximum atomic E-state index is 13.3. The van der Waals surface area contributed by atoms with Crippen molar-refractivity contribution in [3.8, 4) is 0 Å². The maximum absolute atomic E-state index is 13.3. The van der Waals surface area contributed by atoms with Gasteiger partial charge in [0.1, 0.15) is 0 Å². The quantitative estimate of drug-likeness (QED) is 0.612. The molecule has 0 bridgehead atoms. The predicted octanol–water partition coefficient (Wildman–Crippen LogP) is 5.31.